The number of rotatable bonds is 10. The number of carboxylic acid groups (broad SMARTS) is 1. The Balaban J connectivity index is 2.95. The summed E-state index contributed by atoms with van der Waals surface area (Å²) >= 11 is 0. The molecule has 9 heteroatoms. The second-order valence-electron chi connectivity index (χ2n) is 8.35. The van der Waals surface area contributed by atoms with Gasteiger partial charge in [-0.2, -0.15) is 0 Å². The molecule has 4 N–H and O–H groups in total. The number of nitrogens with zero attached hydrogens (tertiary/aromatic N) is 1. The van der Waals surface area contributed by atoms with Crippen molar-refractivity contribution in [1.82, 2.24) is 20.9 Å². The summed E-state index contributed by atoms with van der Waals surface area (Å²) in [5.74, 6) is -2.25. The van der Waals surface area contributed by atoms with Crippen LogP contribution in [0, 0.1) is 5.41 Å². The van der Waals surface area contributed by atoms with E-state index in [0.717, 1.165) is 0 Å². The fourth-order valence-electron chi connectivity index (χ4n) is 3.30. The van der Waals surface area contributed by atoms with Gasteiger partial charge in [-0.05, 0) is 38.1 Å². The Bertz CT molecular complexity index is 629. The number of amides is 3. The number of hydrogen-bond acceptors (Lipinski definition) is 5. The lowest BCUT2D eigenvalue weighted by atomic mass is 9.85. The number of nitrogens with one attached hydrogen (secondary N) is 3. The Morgan fingerprint density at radius 2 is 1.90 bits per heavy atom. The van der Waals surface area contributed by atoms with Gasteiger partial charge in [-0.25, -0.2) is 4.79 Å². The number of aliphatic carboxylic acids is 1. The molecule has 0 aliphatic carbocycles. The zero-order valence-electron chi connectivity index (χ0n) is 17.8. The zero-order valence-corrected chi connectivity index (χ0v) is 17.8. The normalized spacial score (nSPS) is 18.6. The average Bonchev–Trinajstić information content (AvgIpc) is 3.11. The highest BCUT2D eigenvalue weighted by molar-refractivity contribution is 5.94. The molecule has 1 heterocycles. The SMILES string of the molecule is C=CCCC(NC(=O)C1CCCN1C(=O)C(NC(=O)CNC)C(C)(C)C)C(=O)O. The van der Waals surface area contributed by atoms with Crippen LogP contribution in [0.5, 0.6) is 0 Å². The standard InChI is InChI=1S/C20H34N4O5/c1-6-7-9-13(19(28)29)22-17(26)14-10-8-11-24(14)18(27)16(20(2,3)4)23-15(25)12-21-5/h6,13-14,16,21H,1,7-12H2,2-5H3,(H,22,26)(H,23,25)(H,28,29). The van der Waals surface area contributed by atoms with E-state index in [2.05, 4.69) is 22.5 Å². The molecule has 0 aromatic rings. The maximum absolute atomic E-state index is 13.2. The molecule has 1 saturated heterocycles. The lowest BCUT2D eigenvalue weighted by molar-refractivity contribution is -0.146. The van der Waals surface area contributed by atoms with E-state index in [-0.39, 0.29) is 24.8 Å². The third-order valence-corrected chi connectivity index (χ3v) is 4.87. The lowest BCUT2D eigenvalue weighted by Gasteiger charge is -2.35. The van der Waals surface area contributed by atoms with Crippen molar-refractivity contribution in [1.29, 1.82) is 0 Å². The summed E-state index contributed by atoms with van der Waals surface area (Å²) in [6.45, 7) is 9.56. The van der Waals surface area contributed by atoms with Crippen LogP contribution in [0.25, 0.3) is 0 Å². The monoisotopic (exact) mass is 410 g/mol. The van der Waals surface area contributed by atoms with Crippen molar-refractivity contribution in [2.45, 2.75) is 64.6 Å². The average molecular weight is 411 g/mol. The smallest absolute Gasteiger partial charge is 0.326 e. The fraction of sp³-hybridized carbons (Fsp3) is 0.700. The number of likely N-dealkylation sites (tertiary alicyclic amines) is 1. The summed E-state index contributed by atoms with van der Waals surface area (Å²) < 4.78 is 0. The fourth-order valence-corrected chi connectivity index (χ4v) is 3.30. The van der Waals surface area contributed by atoms with Gasteiger partial charge in [0.15, 0.2) is 0 Å². The molecule has 3 amide bonds. The van der Waals surface area contributed by atoms with E-state index in [1.54, 1.807) is 13.1 Å². The highest BCUT2D eigenvalue weighted by Crippen LogP contribution is 2.26. The predicted molar refractivity (Wildman–Crippen MR) is 109 cm³/mol. The van der Waals surface area contributed by atoms with E-state index < -0.39 is 35.4 Å². The molecule has 1 fully saturated rings. The number of likely N-dealkylation sites (N-methyl/N-ethyl adjacent to an activating group) is 1. The number of carboxylic acids is 1. The van der Waals surface area contributed by atoms with E-state index in [1.807, 2.05) is 20.8 Å². The van der Waals surface area contributed by atoms with E-state index in [1.165, 1.54) is 4.90 Å². The van der Waals surface area contributed by atoms with E-state index in [0.29, 0.717) is 25.8 Å². The Kier molecular flexibility index (Phi) is 9.29. The highest BCUT2D eigenvalue weighted by Gasteiger charge is 2.42. The molecule has 3 unspecified atom stereocenters. The maximum Gasteiger partial charge on any atom is 0.326 e. The first kappa shape index (κ1) is 24.6. The quantitative estimate of drug-likeness (QED) is 0.383. The van der Waals surface area contributed by atoms with E-state index in [4.69, 9.17) is 0 Å². The molecular formula is C20H34N4O5. The Labute approximate surface area is 172 Å². The van der Waals surface area contributed by atoms with Gasteiger partial charge in [0.2, 0.25) is 17.7 Å². The summed E-state index contributed by atoms with van der Waals surface area (Å²) in [4.78, 5) is 50.9. The van der Waals surface area contributed by atoms with Gasteiger partial charge in [0, 0.05) is 6.54 Å². The van der Waals surface area contributed by atoms with Gasteiger partial charge in [0.1, 0.15) is 18.1 Å². The lowest BCUT2D eigenvalue weighted by Crippen LogP contribution is -2.59. The van der Waals surface area contributed by atoms with Gasteiger partial charge in [0.25, 0.3) is 0 Å². The Morgan fingerprint density at radius 1 is 1.24 bits per heavy atom. The minimum atomic E-state index is -1.12. The van der Waals surface area contributed by atoms with Crippen LogP contribution in [0.1, 0.15) is 46.5 Å². The van der Waals surface area contributed by atoms with Crippen LogP contribution in [0.15, 0.2) is 12.7 Å². The van der Waals surface area contributed by atoms with Crippen LogP contribution in [-0.2, 0) is 19.2 Å². The van der Waals surface area contributed by atoms with Crippen molar-refractivity contribution in [2.24, 2.45) is 5.41 Å². The van der Waals surface area contributed by atoms with Crippen molar-refractivity contribution in [3.8, 4) is 0 Å². The van der Waals surface area contributed by atoms with Crippen LogP contribution < -0.4 is 16.0 Å². The van der Waals surface area contributed by atoms with E-state index in [9.17, 15) is 24.3 Å². The van der Waals surface area contributed by atoms with Crippen molar-refractivity contribution >= 4 is 23.7 Å². The van der Waals surface area contributed by atoms with Gasteiger partial charge in [0.05, 0.1) is 6.54 Å². The predicted octanol–water partition coefficient (Wildman–Crippen LogP) is 0.263. The minimum absolute atomic E-state index is 0.0768. The summed E-state index contributed by atoms with van der Waals surface area (Å²) in [6.07, 6.45) is 3.36. The van der Waals surface area contributed by atoms with Crippen molar-refractivity contribution in [2.75, 3.05) is 20.1 Å². The molecule has 0 spiro atoms. The third-order valence-electron chi connectivity index (χ3n) is 4.87. The maximum atomic E-state index is 13.2. The molecule has 3 atom stereocenters. The molecule has 9 nitrogen and oxygen atoms in total. The molecule has 0 radical (unpaired) electrons. The molecule has 1 aliphatic rings. The first-order valence-corrected chi connectivity index (χ1v) is 9.91. The van der Waals surface area contributed by atoms with Crippen molar-refractivity contribution in [3.63, 3.8) is 0 Å². The number of carbonyl (C=O) groups is 4. The van der Waals surface area contributed by atoms with E-state index >= 15 is 0 Å². The molecule has 29 heavy (non-hydrogen) atoms. The van der Waals surface area contributed by atoms with Crippen LogP contribution in [0.3, 0.4) is 0 Å². The van der Waals surface area contributed by atoms with Gasteiger partial charge >= 0.3 is 5.97 Å². The van der Waals surface area contributed by atoms with Gasteiger partial charge in [-0.15, -0.1) is 6.58 Å². The van der Waals surface area contributed by atoms with Gasteiger partial charge in [-0.3, -0.25) is 14.4 Å². The second-order valence-corrected chi connectivity index (χ2v) is 8.35. The highest BCUT2D eigenvalue weighted by atomic mass is 16.4. The third kappa shape index (κ3) is 7.16. The summed E-state index contributed by atoms with van der Waals surface area (Å²) in [5.41, 5.74) is -0.558. The Hall–Kier alpha value is -2.42. The van der Waals surface area contributed by atoms with Crippen molar-refractivity contribution < 1.29 is 24.3 Å². The Morgan fingerprint density at radius 3 is 2.41 bits per heavy atom. The molecule has 0 saturated carbocycles. The first-order valence-electron chi connectivity index (χ1n) is 9.91. The van der Waals surface area contributed by atoms with Crippen LogP contribution >= 0.6 is 0 Å². The molecule has 1 rings (SSSR count). The van der Waals surface area contributed by atoms with Crippen LogP contribution in [0.2, 0.25) is 0 Å². The molecule has 0 aromatic carbocycles. The van der Waals surface area contributed by atoms with Gasteiger partial charge < -0.3 is 26.0 Å². The first-order chi connectivity index (χ1) is 13.5. The molecule has 0 bridgehead atoms. The zero-order chi connectivity index (χ0) is 22.2. The van der Waals surface area contributed by atoms with Crippen LogP contribution in [-0.4, -0.2) is 72.0 Å². The number of hydrogen-bond donors (Lipinski definition) is 4. The molecule has 1 aliphatic heterocycles. The number of allylic oxidation sites excluding steroid dienone is 1. The summed E-state index contributed by atoms with van der Waals surface area (Å²) in [5, 5.41) is 17.4. The van der Waals surface area contributed by atoms with Crippen molar-refractivity contribution in [3.05, 3.63) is 12.7 Å². The number of carbonyl (C=O) groups excluding carboxylic acids is 3. The minimum Gasteiger partial charge on any atom is -0.480 e. The van der Waals surface area contributed by atoms with Crippen LogP contribution in [0.4, 0.5) is 0 Å². The molecule has 0 aromatic heterocycles. The van der Waals surface area contributed by atoms with Gasteiger partial charge in [-0.1, -0.05) is 26.8 Å². The largest absolute Gasteiger partial charge is 0.480 e. The molecular weight excluding hydrogens is 376 g/mol. The summed E-state index contributed by atoms with van der Waals surface area (Å²) in [6, 6.07) is -2.58. The topological polar surface area (TPSA) is 128 Å². The molecule has 164 valence electrons. The second kappa shape index (κ2) is 10.9. The summed E-state index contributed by atoms with van der Waals surface area (Å²) in [7, 11) is 1.64.